The molecule has 0 atom stereocenters. The Morgan fingerprint density at radius 1 is 1.16 bits per heavy atom. The SMILES string of the molecule is CCNC(=NCc1csc(N(C)C)n1)NCCc1cc(C)cc(C)c1. The number of aliphatic imine (C=N–C) groups is 1. The summed E-state index contributed by atoms with van der Waals surface area (Å²) in [6.07, 6.45) is 0.981. The number of aromatic nitrogens is 1. The first kappa shape index (κ1) is 19.2. The number of aryl methyl sites for hydroxylation is 2. The summed E-state index contributed by atoms with van der Waals surface area (Å²) in [4.78, 5) is 11.2. The van der Waals surface area contributed by atoms with Crippen LogP contribution in [0.5, 0.6) is 0 Å². The molecule has 2 aromatic rings. The Labute approximate surface area is 155 Å². The molecule has 0 saturated heterocycles. The third-order valence-corrected chi connectivity index (χ3v) is 4.71. The van der Waals surface area contributed by atoms with Crippen LogP contribution in [-0.2, 0) is 13.0 Å². The number of anilines is 1. The number of hydrogen-bond acceptors (Lipinski definition) is 4. The Balaban J connectivity index is 1.90. The van der Waals surface area contributed by atoms with Crippen molar-refractivity contribution < 1.29 is 0 Å². The number of thiazole rings is 1. The van der Waals surface area contributed by atoms with Gasteiger partial charge >= 0.3 is 0 Å². The zero-order valence-electron chi connectivity index (χ0n) is 15.9. The van der Waals surface area contributed by atoms with Crippen LogP contribution in [0.2, 0.25) is 0 Å². The van der Waals surface area contributed by atoms with E-state index in [0.717, 1.165) is 36.3 Å². The standard InChI is InChI=1S/C19H29N5S/c1-6-20-18(22-12-17-13-25-19(23-17)24(4)5)21-8-7-16-10-14(2)9-15(3)11-16/h9-11,13H,6-8,12H2,1-5H3,(H2,20,21,22). The van der Waals surface area contributed by atoms with Crippen molar-refractivity contribution >= 4 is 22.4 Å². The molecule has 0 radical (unpaired) electrons. The van der Waals surface area contributed by atoms with E-state index in [4.69, 9.17) is 0 Å². The summed E-state index contributed by atoms with van der Waals surface area (Å²) in [5.41, 5.74) is 4.99. The fourth-order valence-corrected chi connectivity index (χ4v) is 3.36. The molecule has 5 nitrogen and oxygen atoms in total. The summed E-state index contributed by atoms with van der Waals surface area (Å²) in [6, 6.07) is 6.70. The number of rotatable bonds is 7. The number of hydrogen-bond donors (Lipinski definition) is 2. The van der Waals surface area contributed by atoms with Crippen LogP contribution in [0.25, 0.3) is 0 Å². The second-order valence-electron chi connectivity index (χ2n) is 6.38. The lowest BCUT2D eigenvalue weighted by Gasteiger charge is -2.11. The van der Waals surface area contributed by atoms with E-state index in [0.29, 0.717) is 6.54 Å². The average molecular weight is 360 g/mol. The molecule has 0 aliphatic carbocycles. The first-order chi connectivity index (χ1) is 12.0. The van der Waals surface area contributed by atoms with E-state index in [-0.39, 0.29) is 0 Å². The minimum atomic E-state index is 0.587. The van der Waals surface area contributed by atoms with Gasteiger partial charge in [0.1, 0.15) is 0 Å². The van der Waals surface area contributed by atoms with E-state index >= 15 is 0 Å². The molecule has 6 heteroatoms. The summed E-state index contributed by atoms with van der Waals surface area (Å²) < 4.78 is 0. The largest absolute Gasteiger partial charge is 0.357 e. The van der Waals surface area contributed by atoms with Crippen LogP contribution in [0.4, 0.5) is 5.13 Å². The molecule has 0 bridgehead atoms. The lowest BCUT2D eigenvalue weighted by molar-refractivity contribution is 0.796. The van der Waals surface area contributed by atoms with Crippen LogP contribution in [-0.4, -0.2) is 38.1 Å². The number of guanidine groups is 1. The van der Waals surface area contributed by atoms with Gasteiger partial charge in [-0.15, -0.1) is 11.3 Å². The van der Waals surface area contributed by atoms with E-state index in [2.05, 4.69) is 65.0 Å². The van der Waals surface area contributed by atoms with Crippen molar-refractivity contribution in [1.29, 1.82) is 0 Å². The van der Waals surface area contributed by atoms with Gasteiger partial charge in [0.05, 0.1) is 12.2 Å². The zero-order valence-corrected chi connectivity index (χ0v) is 16.7. The molecular formula is C19H29N5S. The van der Waals surface area contributed by atoms with Gasteiger partial charge in [-0.3, -0.25) is 0 Å². The highest BCUT2D eigenvalue weighted by Gasteiger charge is 2.04. The second kappa shape index (κ2) is 9.42. The first-order valence-corrected chi connectivity index (χ1v) is 9.57. The molecule has 1 aromatic carbocycles. The van der Waals surface area contributed by atoms with Crippen LogP contribution in [0.3, 0.4) is 0 Å². The average Bonchev–Trinajstić information content (AvgIpc) is 3.01. The monoisotopic (exact) mass is 359 g/mol. The van der Waals surface area contributed by atoms with Gasteiger partial charge in [0, 0.05) is 32.6 Å². The molecule has 0 saturated carbocycles. The van der Waals surface area contributed by atoms with Gasteiger partial charge in [-0.25, -0.2) is 9.98 Å². The second-order valence-corrected chi connectivity index (χ2v) is 7.22. The van der Waals surface area contributed by atoms with Gasteiger partial charge in [-0.05, 0) is 32.8 Å². The third-order valence-electron chi connectivity index (χ3n) is 3.65. The molecule has 2 rings (SSSR count). The van der Waals surface area contributed by atoms with E-state index in [1.54, 1.807) is 11.3 Å². The molecule has 136 valence electrons. The van der Waals surface area contributed by atoms with Crippen LogP contribution in [0, 0.1) is 13.8 Å². The topological polar surface area (TPSA) is 52.6 Å². The normalized spacial score (nSPS) is 11.5. The van der Waals surface area contributed by atoms with Gasteiger partial charge in [-0.1, -0.05) is 29.3 Å². The highest BCUT2D eigenvalue weighted by molar-refractivity contribution is 7.13. The van der Waals surface area contributed by atoms with Crippen molar-refractivity contribution in [1.82, 2.24) is 15.6 Å². The van der Waals surface area contributed by atoms with Gasteiger partial charge in [0.2, 0.25) is 0 Å². The summed E-state index contributed by atoms with van der Waals surface area (Å²) in [6.45, 7) is 8.65. The molecule has 0 spiro atoms. The number of nitrogens with one attached hydrogen (secondary N) is 2. The van der Waals surface area contributed by atoms with Crippen molar-refractivity contribution in [2.75, 3.05) is 32.1 Å². The molecule has 0 amide bonds. The van der Waals surface area contributed by atoms with Gasteiger partial charge in [0.15, 0.2) is 11.1 Å². The summed E-state index contributed by atoms with van der Waals surface area (Å²) in [7, 11) is 4.01. The maximum absolute atomic E-state index is 4.64. The third kappa shape index (κ3) is 6.38. The molecule has 25 heavy (non-hydrogen) atoms. The van der Waals surface area contributed by atoms with Crippen molar-refractivity contribution in [2.45, 2.75) is 33.7 Å². The van der Waals surface area contributed by atoms with E-state index in [1.807, 2.05) is 19.0 Å². The Morgan fingerprint density at radius 3 is 2.48 bits per heavy atom. The van der Waals surface area contributed by atoms with Gasteiger partial charge in [-0.2, -0.15) is 0 Å². The van der Waals surface area contributed by atoms with Crippen LogP contribution >= 0.6 is 11.3 Å². The van der Waals surface area contributed by atoms with Crippen molar-refractivity contribution in [3.8, 4) is 0 Å². The van der Waals surface area contributed by atoms with E-state index < -0.39 is 0 Å². The number of nitrogens with zero attached hydrogens (tertiary/aromatic N) is 3. The van der Waals surface area contributed by atoms with Crippen molar-refractivity contribution in [3.05, 3.63) is 46.0 Å². The lowest BCUT2D eigenvalue weighted by atomic mass is 10.1. The fourth-order valence-electron chi connectivity index (χ4n) is 2.61. The lowest BCUT2D eigenvalue weighted by Crippen LogP contribution is -2.38. The summed E-state index contributed by atoms with van der Waals surface area (Å²) in [5.74, 6) is 0.839. The Morgan fingerprint density at radius 2 is 1.88 bits per heavy atom. The molecule has 0 aliphatic rings. The molecule has 0 unspecified atom stereocenters. The minimum absolute atomic E-state index is 0.587. The number of benzene rings is 1. The van der Waals surface area contributed by atoms with E-state index in [9.17, 15) is 0 Å². The predicted octanol–water partition coefficient (Wildman–Crippen LogP) is 3.12. The van der Waals surface area contributed by atoms with Crippen molar-refractivity contribution in [2.24, 2.45) is 4.99 Å². The summed E-state index contributed by atoms with van der Waals surface area (Å²) in [5, 5.41) is 9.79. The molecular weight excluding hydrogens is 330 g/mol. The maximum atomic E-state index is 4.64. The highest BCUT2D eigenvalue weighted by atomic mass is 32.1. The van der Waals surface area contributed by atoms with Crippen molar-refractivity contribution in [3.63, 3.8) is 0 Å². The van der Waals surface area contributed by atoms with Crippen LogP contribution < -0.4 is 15.5 Å². The molecule has 0 aliphatic heterocycles. The van der Waals surface area contributed by atoms with Crippen LogP contribution in [0.1, 0.15) is 29.3 Å². The Kier molecular flexibility index (Phi) is 7.25. The smallest absolute Gasteiger partial charge is 0.191 e. The van der Waals surface area contributed by atoms with Gasteiger partial charge in [0.25, 0.3) is 0 Å². The maximum Gasteiger partial charge on any atom is 0.191 e. The highest BCUT2D eigenvalue weighted by Crippen LogP contribution is 2.18. The van der Waals surface area contributed by atoms with Gasteiger partial charge < -0.3 is 15.5 Å². The molecule has 2 N–H and O–H groups in total. The fraction of sp³-hybridized carbons (Fsp3) is 0.474. The first-order valence-electron chi connectivity index (χ1n) is 8.69. The zero-order chi connectivity index (χ0) is 18.2. The Hall–Kier alpha value is -2.08. The van der Waals surface area contributed by atoms with E-state index in [1.165, 1.54) is 16.7 Å². The quantitative estimate of drug-likeness (QED) is 0.589. The Bertz CT molecular complexity index is 685. The summed E-state index contributed by atoms with van der Waals surface area (Å²) >= 11 is 1.65. The molecule has 0 fully saturated rings. The predicted molar refractivity (Wildman–Crippen MR) is 109 cm³/mol. The minimum Gasteiger partial charge on any atom is -0.357 e. The molecule has 1 aromatic heterocycles. The molecule has 1 heterocycles. The van der Waals surface area contributed by atoms with Crippen LogP contribution in [0.15, 0.2) is 28.6 Å².